The fraction of sp³-hybridized carbons (Fsp3) is 0.471. The molecule has 6 nitrogen and oxygen atoms in total. The van der Waals surface area contributed by atoms with E-state index in [1.54, 1.807) is 26.1 Å². The van der Waals surface area contributed by atoms with Crippen molar-refractivity contribution in [1.82, 2.24) is 9.97 Å². The molecule has 25 heavy (non-hydrogen) atoms. The zero-order chi connectivity index (χ0) is 18.2. The van der Waals surface area contributed by atoms with Crippen molar-refractivity contribution in [3.63, 3.8) is 0 Å². The van der Waals surface area contributed by atoms with Crippen LogP contribution in [-0.4, -0.2) is 42.0 Å². The molecule has 0 bridgehead atoms. The predicted octanol–water partition coefficient (Wildman–Crippen LogP) is 2.53. The predicted molar refractivity (Wildman–Crippen MR) is 100 cm³/mol. The number of nitrogens with one attached hydrogen (secondary N) is 1. The van der Waals surface area contributed by atoms with Crippen LogP contribution in [0.5, 0.6) is 5.75 Å². The fourth-order valence-electron chi connectivity index (χ4n) is 3.43. The van der Waals surface area contributed by atoms with Crippen LogP contribution in [0, 0.1) is 11.8 Å². The van der Waals surface area contributed by atoms with E-state index in [0.29, 0.717) is 5.75 Å². The molecule has 0 atom stereocenters. The second kappa shape index (κ2) is 6.84. The van der Waals surface area contributed by atoms with Crippen molar-refractivity contribution in [2.75, 3.05) is 11.5 Å². The molecule has 8 heteroatoms. The van der Waals surface area contributed by atoms with Gasteiger partial charge in [0.25, 0.3) is 0 Å². The van der Waals surface area contributed by atoms with E-state index < -0.39 is 17.0 Å². The maximum atomic E-state index is 11.8. The highest BCUT2D eigenvalue weighted by Crippen LogP contribution is 2.46. The van der Waals surface area contributed by atoms with Crippen molar-refractivity contribution in [2.24, 2.45) is 11.8 Å². The first-order chi connectivity index (χ1) is 11.8. The summed E-state index contributed by atoms with van der Waals surface area (Å²) in [6.45, 7) is 7.47. The number of hydrogen-bond acceptors (Lipinski definition) is 5. The maximum absolute atomic E-state index is 11.8. The summed E-state index contributed by atoms with van der Waals surface area (Å²) in [6, 6.07) is 1.91. The molecule has 2 aromatic heterocycles. The summed E-state index contributed by atoms with van der Waals surface area (Å²) in [5.74, 6) is 1.35. The molecule has 1 aliphatic rings. The molecule has 0 aromatic carbocycles. The van der Waals surface area contributed by atoms with E-state index in [4.69, 9.17) is 4.65 Å². The Morgan fingerprint density at radius 2 is 2.24 bits per heavy atom. The van der Waals surface area contributed by atoms with E-state index in [-0.39, 0.29) is 23.3 Å². The lowest BCUT2D eigenvalue weighted by Gasteiger charge is -2.37. The van der Waals surface area contributed by atoms with Crippen molar-refractivity contribution in [3.05, 3.63) is 30.6 Å². The van der Waals surface area contributed by atoms with Crippen LogP contribution in [0.4, 0.5) is 0 Å². The van der Waals surface area contributed by atoms with Gasteiger partial charge in [0, 0.05) is 22.9 Å². The van der Waals surface area contributed by atoms with Gasteiger partial charge >= 0.3 is 7.12 Å². The molecule has 0 aliphatic heterocycles. The highest BCUT2D eigenvalue weighted by Gasteiger charge is 2.35. The maximum Gasteiger partial charge on any atom is 0.519 e. The SMILES string of the molecule is C=C(c1c(OB(C)O)cnc2[nH]ccc12)C1CC(CS(=O)(=O)CC)C1. The lowest BCUT2D eigenvalue weighted by atomic mass is 9.70. The molecular formula is C17H23BN2O4S. The van der Waals surface area contributed by atoms with Crippen LogP contribution in [0.15, 0.2) is 25.0 Å². The quantitative estimate of drug-likeness (QED) is 0.739. The van der Waals surface area contributed by atoms with Gasteiger partial charge in [0.2, 0.25) is 0 Å². The Balaban J connectivity index is 1.82. The highest BCUT2D eigenvalue weighted by molar-refractivity contribution is 7.91. The van der Waals surface area contributed by atoms with Crippen molar-refractivity contribution in [2.45, 2.75) is 26.6 Å². The van der Waals surface area contributed by atoms with Crippen LogP contribution < -0.4 is 4.65 Å². The van der Waals surface area contributed by atoms with Gasteiger partial charge in [-0.15, -0.1) is 0 Å². The van der Waals surface area contributed by atoms with Crippen molar-refractivity contribution in [1.29, 1.82) is 0 Å². The van der Waals surface area contributed by atoms with E-state index in [2.05, 4.69) is 16.5 Å². The Labute approximate surface area is 148 Å². The Morgan fingerprint density at radius 1 is 1.52 bits per heavy atom. The van der Waals surface area contributed by atoms with Crippen molar-refractivity contribution < 1.29 is 18.1 Å². The van der Waals surface area contributed by atoms with E-state index in [1.807, 2.05) is 6.07 Å². The van der Waals surface area contributed by atoms with Gasteiger partial charge in [-0.25, -0.2) is 13.4 Å². The summed E-state index contributed by atoms with van der Waals surface area (Å²) in [5, 5.41) is 10.5. The van der Waals surface area contributed by atoms with Crippen LogP contribution >= 0.6 is 0 Å². The molecule has 0 radical (unpaired) electrons. The number of fused-ring (bicyclic) bond motifs is 1. The van der Waals surface area contributed by atoms with E-state index in [0.717, 1.165) is 35.0 Å². The van der Waals surface area contributed by atoms with Crippen LogP contribution in [0.2, 0.25) is 6.82 Å². The normalized spacial score (nSPS) is 20.3. The number of hydrogen-bond donors (Lipinski definition) is 2. The number of H-pyrrole nitrogens is 1. The van der Waals surface area contributed by atoms with Crippen LogP contribution in [-0.2, 0) is 9.84 Å². The van der Waals surface area contributed by atoms with E-state index in [9.17, 15) is 13.4 Å². The highest BCUT2D eigenvalue weighted by atomic mass is 32.2. The number of sulfone groups is 1. The second-order valence-electron chi connectivity index (χ2n) is 6.71. The lowest BCUT2D eigenvalue weighted by Crippen LogP contribution is -2.31. The lowest BCUT2D eigenvalue weighted by molar-refractivity contribution is 0.274. The standard InChI is InChI=1S/C17H23BN2O4S/c1-4-25(22,23)10-12-7-13(8-12)11(2)16-14-5-6-19-17(14)20-9-15(16)24-18(3)21/h5-6,9,12-13,21H,2,4,7-8,10H2,1,3H3,(H,19,20). The number of pyridine rings is 1. The molecule has 2 N–H and O–H groups in total. The van der Waals surface area contributed by atoms with Gasteiger partial charge in [-0.2, -0.15) is 0 Å². The Hall–Kier alpha value is -1.80. The summed E-state index contributed by atoms with van der Waals surface area (Å²) in [6.07, 6.45) is 5.00. The first kappa shape index (κ1) is 18.0. The molecule has 3 rings (SSSR count). The first-order valence-electron chi connectivity index (χ1n) is 8.51. The van der Waals surface area contributed by atoms with Gasteiger partial charge in [-0.1, -0.05) is 13.5 Å². The summed E-state index contributed by atoms with van der Waals surface area (Å²) in [4.78, 5) is 7.37. The summed E-state index contributed by atoms with van der Waals surface area (Å²) >= 11 is 0. The van der Waals surface area contributed by atoms with Gasteiger partial charge in [0.05, 0.1) is 11.9 Å². The Morgan fingerprint density at radius 3 is 2.88 bits per heavy atom. The molecule has 1 fully saturated rings. The number of allylic oxidation sites excluding steroid dienone is 1. The monoisotopic (exact) mass is 362 g/mol. The largest absolute Gasteiger partial charge is 0.535 e. The summed E-state index contributed by atoms with van der Waals surface area (Å²) in [7, 11) is -3.90. The topological polar surface area (TPSA) is 92.3 Å². The van der Waals surface area contributed by atoms with Gasteiger partial charge < -0.3 is 14.7 Å². The molecule has 0 unspecified atom stereocenters. The fourth-order valence-corrected chi connectivity index (χ4v) is 4.66. The molecule has 2 heterocycles. The van der Waals surface area contributed by atoms with Gasteiger partial charge in [0.15, 0.2) is 0 Å². The second-order valence-corrected chi connectivity index (χ2v) is 9.11. The van der Waals surface area contributed by atoms with Crippen molar-refractivity contribution in [3.8, 4) is 5.75 Å². The first-order valence-corrected chi connectivity index (χ1v) is 10.3. The average molecular weight is 362 g/mol. The number of aromatic amines is 1. The van der Waals surface area contributed by atoms with Crippen LogP contribution in [0.25, 0.3) is 16.6 Å². The van der Waals surface area contributed by atoms with Crippen LogP contribution in [0.3, 0.4) is 0 Å². The molecule has 1 saturated carbocycles. The molecular weight excluding hydrogens is 339 g/mol. The number of aromatic nitrogens is 2. The third-order valence-electron chi connectivity index (χ3n) is 4.83. The number of rotatable bonds is 7. The Kier molecular flexibility index (Phi) is 4.93. The molecule has 1 aliphatic carbocycles. The molecule has 2 aromatic rings. The molecule has 0 spiro atoms. The zero-order valence-electron chi connectivity index (χ0n) is 14.5. The van der Waals surface area contributed by atoms with Crippen LogP contribution in [0.1, 0.15) is 25.3 Å². The van der Waals surface area contributed by atoms with E-state index in [1.165, 1.54) is 0 Å². The van der Waals surface area contributed by atoms with Gasteiger partial charge in [-0.05, 0) is 43.1 Å². The molecule has 134 valence electrons. The third-order valence-corrected chi connectivity index (χ3v) is 6.69. The third kappa shape index (κ3) is 3.74. The molecule has 0 saturated heterocycles. The van der Waals surface area contributed by atoms with Crippen molar-refractivity contribution >= 4 is 33.6 Å². The minimum absolute atomic E-state index is 0.190. The smallest absolute Gasteiger partial charge is 0.519 e. The van der Waals surface area contributed by atoms with Gasteiger partial charge in [0.1, 0.15) is 21.2 Å². The minimum atomic E-state index is -2.95. The summed E-state index contributed by atoms with van der Waals surface area (Å²) in [5.41, 5.74) is 2.49. The van der Waals surface area contributed by atoms with E-state index >= 15 is 0 Å². The van der Waals surface area contributed by atoms with Gasteiger partial charge in [-0.3, -0.25) is 0 Å². The average Bonchev–Trinajstić information content (AvgIpc) is 2.97. The number of nitrogens with zero attached hydrogens (tertiary/aromatic N) is 1. The minimum Gasteiger partial charge on any atom is -0.535 e. The molecule has 0 amide bonds. The summed E-state index contributed by atoms with van der Waals surface area (Å²) < 4.78 is 29.1. The Bertz CT molecular complexity index is 885. The zero-order valence-corrected chi connectivity index (χ0v) is 15.3.